The number of nitrogens with one attached hydrogen (secondary N) is 2. The van der Waals surface area contributed by atoms with Crippen LogP contribution >= 0.6 is 0 Å². The van der Waals surface area contributed by atoms with Crippen LogP contribution in [0.4, 0.5) is 5.69 Å². The lowest BCUT2D eigenvalue weighted by Gasteiger charge is -2.23. The number of hydrogen-bond donors (Lipinski definition) is 3. The fraction of sp³-hybridized carbons (Fsp3) is 0.455. The van der Waals surface area contributed by atoms with Crippen LogP contribution in [0, 0.1) is 0 Å². The maximum atomic E-state index is 9.48. The molecule has 0 unspecified atom stereocenters. The van der Waals surface area contributed by atoms with Crippen molar-refractivity contribution in [2.75, 3.05) is 11.9 Å². The Morgan fingerprint density at radius 1 is 1.50 bits per heavy atom. The van der Waals surface area contributed by atoms with Gasteiger partial charge in [-0.2, -0.15) is 0 Å². The minimum absolute atomic E-state index is 0.147. The van der Waals surface area contributed by atoms with E-state index < -0.39 is 0 Å². The van der Waals surface area contributed by atoms with Crippen LogP contribution in [0.2, 0.25) is 0 Å². The maximum Gasteiger partial charge on any atom is 0.116 e. The van der Waals surface area contributed by atoms with Crippen molar-refractivity contribution in [3.05, 3.63) is 23.8 Å². The lowest BCUT2D eigenvalue weighted by atomic mass is 9.81. The van der Waals surface area contributed by atoms with Gasteiger partial charge in [-0.25, -0.2) is 0 Å². The predicted octanol–water partition coefficient (Wildman–Crippen LogP) is 1.39. The Morgan fingerprint density at radius 2 is 2.36 bits per heavy atom. The molecule has 14 heavy (non-hydrogen) atoms. The van der Waals surface area contributed by atoms with Crippen LogP contribution in [-0.2, 0) is 5.41 Å². The molecule has 0 spiro atoms. The van der Waals surface area contributed by atoms with Gasteiger partial charge in [0.2, 0.25) is 0 Å². The van der Waals surface area contributed by atoms with Crippen molar-refractivity contribution >= 4 is 5.69 Å². The molecule has 0 bridgehead atoms. The van der Waals surface area contributed by atoms with Crippen LogP contribution in [0.1, 0.15) is 18.9 Å². The molecule has 3 heteroatoms. The summed E-state index contributed by atoms with van der Waals surface area (Å²) in [6, 6.07) is 5.57. The molecular weight excluding hydrogens is 176 g/mol. The van der Waals surface area contributed by atoms with Gasteiger partial charge in [0, 0.05) is 11.1 Å². The number of hydrogen-bond acceptors (Lipinski definition) is 3. The van der Waals surface area contributed by atoms with Gasteiger partial charge in [-0.05, 0) is 36.7 Å². The monoisotopic (exact) mass is 190 g/mol. The zero-order valence-electron chi connectivity index (χ0n) is 8.17. The number of benzene rings is 1. The first kappa shape index (κ1) is 8.12. The minimum Gasteiger partial charge on any atom is -0.508 e. The van der Waals surface area contributed by atoms with Crippen LogP contribution in [-0.4, -0.2) is 17.8 Å². The third kappa shape index (κ3) is 0.852. The van der Waals surface area contributed by atoms with Crippen molar-refractivity contribution in [3.63, 3.8) is 0 Å². The van der Waals surface area contributed by atoms with Crippen molar-refractivity contribution in [1.29, 1.82) is 0 Å². The molecule has 3 rings (SSSR count). The van der Waals surface area contributed by atoms with E-state index in [1.54, 1.807) is 6.07 Å². The summed E-state index contributed by atoms with van der Waals surface area (Å²) in [5, 5.41) is 16.4. The third-order valence-corrected chi connectivity index (χ3v) is 3.55. The molecule has 3 N–H and O–H groups in total. The van der Waals surface area contributed by atoms with Crippen LogP contribution in [0.3, 0.4) is 0 Å². The molecule has 0 aromatic heterocycles. The number of phenols is 1. The Bertz CT molecular complexity index is 391. The van der Waals surface area contributed by atoms with Crippen LogP contribution in [0.5, 0.6) is 5.75 Å². The summed E-state index contributed by atoms with van der Waals surface area (Å²) in [6.45, 7) is 3.29. The van der Waals surface area contributed by atoms with Crippen molar-refractivity contribution in [1.82, 2.24) is 5.32 Å². The van der Waals surface area contributed by atoms with Crippen molar-refractivity contribution in [2.24, 2.45) is 0 Å². The zero-order chi connectivity index (χ0) is 9.76. The first-order chi connectivity index (χ1) is 6.70. The molecule has 74 valence electrons. The van der Waals surface area contributed by atoms with Gasteiger partial charge >= 0.3 is 0 Å². The summed E-state index contributed by atoms with van der Waals surface area (Å²) in [5.74, 6) is 0.360. The number of aromatic hydroxyl groups is 1. The topological polar surface area (TPSA) is 44.3 Å². The van der Waals surface area contributed by atoms with E-state index in [2.05, 4.69) is 17.6 Å². The van der Waals surface area contributed by atoms with Gasteiger partial charge in [-0.1, -0.05) is 6.92 Å². The highest BCUT2D eigenvalue weighted by molar-refractivity contribution is 5.64. The van der Waals surface area contributed by atoms with Crippen molar-refractivity contribution in [2.45, 2.75) is 24.9 Å². The summed E-state index contributed by atoms with van der Waals surface area (Å²) in [5.41, 5.74) is 2.55. The Balaban J connectivity index is 2.17. The second kappa shape index (κ2) is 2.42. The van der Waals surface area contributed by atoms with Gasteiger partial charge in [0.15, 0.2) is 0 Å². The average Bonchev–Trinajstić information content (AvgIpc) is 2.62. The van der Waals surface area contributed by atoms with Gasteiger partial charge in [0.1, 0.15) is 5.75 Å². The van der Waals surface area contributed by atoms with Gasteiger partial charge < -0.3 is 10.4 Å². The summed E-state index contributed by atoms with van der Waals surface area (Å²) in [7, 11) is 0. The number of phenolic OH excluding ortho intramolecular Hbond substituents is 1. The summed E-state index contributed by atoms with van der Waals surface area (Å²) < 4.78 is 0. The Morgan fingerprint density at radius 3 is 3.21 bits per heavy atom. The summed E-state index contributed by atoms with van der Waals surface area (Å²) in [6.07, 6.45) is 1.46. The highest BCUT2D eigenvalue weighted by Crippen LogP contribution is 2.45. The minimum atomic E-state index is 0.147. The normalized spacial score (nSPS) is 33.6. The van der Waals surface area contributed by atoms with E-state index in [0.29, 0.717) is 11.9 Å². The van der Waals surface area contributed by atoms with Crippen molar-refractivity contribution < 1.29 is 5.11 Å². The first-order valence-electron chi connectivity index (χ1n) is 5.03. The number of rotatable bonds is 0. The molecule has 0 radical (unpaired) electrons. The molecule has 3 nitrogen and oxygen atoms in total. The summed E-state index contributed by atoms with van der Waals surface area (Å²) in [4.78, 5) is 0. The van der Waals surface area contributed by atoms with E-state index in [0.717, 1.165) is 18.7 Å². The van der Waals surface area contributed by atoms with Crippen LogP contribution < -0.4 is 10.6 Å². The average molecular weight is 190 g/mol. The molecule has 1 saturated heterocycles. The lowest BCUT2D eigenvalue weighted by molar-refractivity contribution is 0.452. The maximum absolute atomic E-state index is 9.48. The Labute approximate surface area is 83.1 Å². The van der Waals surface area contributed by atoms with E-state index >= 15 is 0 Å². The molecule has 2 heterocycles. The molecule has 0 aliphatic carbocycles. The first-order valence-corrected chi connectivity index (χ1v) is 5.03. The third-order valence-electron chi connectivity index (χ3n) is 3.55. The van der Waals surface area contributed by atoms with Crippen LogP contribution in [0.25, 0.3) is 0 Å². The number of fused-ring (bicyclic) bond motifs is 3. The molecule has 2 atom stereocenters. The van der Waals surface area contributed by atoms with E-state index in [-0.39, 0.29) is 5.41 Å². The molecule has 1 fully saturated rings. The Kier molecular flexibility index (Phi) is 1.40. The van der Waals surface area contributed by atoms with Gasteiger partial charge in [-0.3, -0.25) is 5.32 Å². The fourth-order valence-corrected chi connectivity index (χ4v) is 2.63. The molecule has 1 aromatic carbocycles. The highest BCUT2D eigenvalue weighted by Gasteiger charge is 2.46. The quantitative estimate of drug-likeness (QED) is 0.542. The van der Waals surface area contributed by atoms with E-state index in [9.17, 15) is 5.11 Å². The molecule has 2 aliphatic rings. The number of anilines is 1. The molecule has 2 aliphatic heterocycles. The fourth-order valence-electron chi connectivity index (χ4n) is 2.63. The smallest absolute Gasteiger partial charge is 0.116 e. The predicted molar refractivity (Wildman–Crippen MR) is 55.5 cm³/mol. The molecular formula is C11H14N2O. The van der Waals surface area contributed by atoms with Gasteiger partial charge in [0.05, 0.1) is 6.17 Å². The second-order valence-electron chi connectivity index (χ2n) is 4.43. The zero-order valence-corrected chi connectivity index (χ0v) is 8.17. The van der Waals surface area contributed by atoms with E-state index in [4.69, 9.17) is 0 Å². The van der Waals surface area contributed by atoms with Gasteiger partial charge in [0.25, 0.3) is 0 Å². The highest BCUT2D eigenvalue weighted by atomic mass is 16.3. The standard InChI is InChI=1S/C11H14N2O/c1-11-4-5-12-10(11)13-9-3-2-7(14)6-8(9)11/h2-3,6,10,12-14H,4-5H2,1H3/t10-,11+/m1/s1. The van der Waals surface area contributed by atoms with Crippen LogP contribution in [0.15, 0.2) is 18.2 Å². The molecule has 0 amide bonds. The van der Waals surface area contributed by atoms with E-state index in [1.807, 2.05) is 12.1 Å². The largest absolute Gasteiger partial charge is 0.508 e. The second-order valence-corrected chi connectivity index (χ2v) is 4.43. The lowest BCUT2D eigenvalue weighted by Crippen LogP contribution is -2.38. The summed E-state index contributed by atoms with van der Waals surface area (Å²) >= 11 is 0. The molecule has 1 aromatic rings. The Hall–Kier alpha value is -1.22. The molecule has 0 saturated carbocycles. The SMILES string of the molecule is C[C@@]12CCN[C@@H]1Nc1ccc(O)cc12. The van der Waals surface area contributed by atoms with Crippen molar-refractivity contribution in [3.8, 4) is 5.75 Å². The van der Waals surface area contributed by atoms with E-state index in [1.165, 1.54) is 5.56 Å². The van der Waals surface area contributed by atoms with Gasteiger partial charge in [-0.15, -0.1) is 0 Å².